The van der Waals surface area contributed by atoms with Crippen LogP contribution in [0.5, 0.6) is 11.5 Å². The fourth-order valence-corrected chi connectivity index (χ4v) is 5.69. The Morgan fingerprint density at radius 1 is 1.22 bits per heavy atom. The van der Waals surface area contributed by atoms with E-state index in [1.165, 1.54) is 15.8 Å². The predicted molar refractivity (Wildman–Crippen MR) is 98.9 cm³/mol. The molecule has 0 amide bonds. The number of sulfonamides is 1. The SMILES string of the molecule is O=C(OC[C@H]1COc2ccccc2O1)c1cc(S(=O)(=O)N2CCCC2)cs1. The smallest absolute Gasteiger partial charge is 0.348 e. The fraction of sp³-hybridized carbons (Fsp3) is 0.389. The molecule has 0 spiro atoms. The molecule has 1 atom stereocenters. The molecule has 0 saturated carbocycles. The lowest BCUT2D eigenvalue weighted by Gasteiger charge is -2.25. The van der Waals surface area contributed by atoms with Crippen LogP contribution in [0.2, 0.25) is 0 Å². The van der Waals surface area contributed by atoms with Crippen LogP contribution in [0.4, 0.5) is 0 Å². The second-order valence-electron chi connectivity index (χ2n) is 6.35. The normalized spacial score (nSPS) is 19.8. The van der Waals surface area contributed by atoms with Crippen molar-refractivity contribution in [2.75, 3.05) is 26.3 Å². The molecule has 1 aromatic carbocycles. The van der Waals surface area contributed by atoms with Crippen molar-refractivity contribution in [1.82, 2.24) is 4.31 Å². The van der Waals surface area contributed by atoms with Crippen molar-refractivity contribution >= 4 is 27.3 Å². The second kappa shape index (κ2) is 7.49. The molecular weight excluding hydrogens is 390 g/mol. The monoisotopic (exact) mass is 409 g/mol. The Morgan fingerprint density at radius 3 is 2.74 bits per heavy atom. The molecule has 2 aliphatic heterocycles. The average Bonchev–Trinajstić information content (AvgIpc) is 3.38. The molecule has 2 aromatic rings. The van der Waals surface area contributed by atoms with E-state index in [1.54, 1.807) is 6.07 Å². The van der Waals surface area contributed by atoms with Gasteiger partial charge in [0.15, 0.2) is 17.6 Å². The van der Waals surface area contributed by atoms with Gasteiger partial charge in [-0.2, -0.15) is 4.31 Å². The van der Waals surface area contributed by atoms with Gasteiger partial charge in [0.1, 0.15) is 18.1 Å². The number of thiophene rings is 1. The van der Waals surface area contributed by atoms with Gasteiger partial charge in [-0.05, 0) is 31.0 Å². The number of hydrogen-bond donors (Lipinski definition) is 0. The summed E-state index contributed by atoms with van der Waals surface area (Å²) in [5.74, 6) is 0.709. The molecule has 3 heterocycles. The minimum atomic E-state index is -3.53. The van der Waals surface area contributed by atoms with Crippen LogP contribution in [-0.2, 0) is 14.8 Å². The van der Waals surface area contributed by atoms with Gasteiger partial charge in [-0.25, -0.2) is 13.2 Å². The number of carbonyl (C=O) groups is 1. The maximum absolute atomic E-state index is 12.5. The number of carbonyl (C=O) groups excluding carboxylic acids is 1. The molecule has 4 rings (SSSR count). The number of esters is 1. The first kappa shape index (κ1) is 18.3. The van der Waals surface area contributed by atoms with E-state index in [-0.39, 0.29) is 23.0 Å². The summed E-state index contributed by atoms with van der Waals surface area (Å²) in [6, 6.07) is 8.68. The second-order valence-corrected chi connectivity index (χ2v) is 9.20. The van der Waals surface area contributed by atoms with Crippen LogP contribution in [0.25, 0.3) is 0 Å². The zero-order chi connectivity index (χ0) is 18.9. The molecule has 9 heteroatoms. The lowest BCUT2D eigenvalue weighted by Crippen LogP contribution is -2.34. The van der Waals surface area contributed by atoms with Crippen molar-refractivity contribution in [2.24, 2.45) is 0 Å². The van der Waals surface area contributed by atoms with Crippen molar-refractivity contribution < 1.29 is 27.4 Å². The zero-order valence-electron chi connectivity index (χ0n) is 14.5. The van der Waals surface area contributed by atoms with Crippen LogP contribution < -0.4 is 9.47 Å². The Bertz CT molecular complexity index is 933. The van der Waals surface area contributed by atoms with Gasteiger partial charge >= 0.3 is 5.97 Å². The summed E-state index contributed by atoms with van der Waals surface area (Å²) < 4.78 is 43.1. The summed E-state index contributed by atoms with van der Waals surface area (Å²) in [6.07, 6.45) is 1.33. The fourth-order valence-electron chi connectivity index (χ4n) is 3.02. The molecule has 0 N–H and O–H groups in total. The van der Waals surface area contributed by atoms with Crippen LogP contribution in [0.3, 0.4) is 0 Å². The number of ether oxygens (including phenoxy) is 3. The molecule has 1 aromatic heterocycles. The Hall–Kier alpha value is -2.10. The van der Waals surface area contributed by atoms with Gasteiger partial charge in [0.2, 0.25) is 10.0 Å². The predicted octanol–water partition coefficient (Wildman–Crippen LogP) is 2.53. The number of para-hydroxylation sites is 2. The number of hydrogen-bond acceptors (Lipinski definition) is 7. The van der Waals surface area contributed by atoms with Crippen LogP contribution >= 0.6 is 11.3 Å². The van der Waals surface area contributed by atoms with Gasteiger partial charge in [0.25, 0.3) is 0 Å². The lowest BCUT2D eigenvalue weighted by atomic mass is 10.3. The van der Waals surface area contributed by atoms with E-state index in [0.29, 0.717) is 24.6 Å². The van der Waals surface area contributed by atoms with Crippen LogP contribution in [0.15, 0.2) is 40.6 Å². The number of rotatable bonds is 5. The third-order valence-electron chi connectivity index (χ3n) is 4.45. The largest absolute Gasteiger partial charge is 0.486 e. The van der Waals surface area contributed by atoms with E-state index in [0.717, 1.165) is 24.2 Å². The molecule has 2 aliphatic rings. The van der Waals surface area contributed by atoms with Gasteiger partial charge in [-0.1, -0.05) is 12.1 Å². The first-order chi connectivity index (χ1) is 13.0. The number of benzene rings is 1. The minimum Gasteiger partial charge on any atom is -0.486 e. The number of fused-ring (bicyclic) bond motifs is 1. The van der Waals surface area contributed by atoms with E-state index in [4.69, 9.17) is 14.2 Å². The Balaban J connectivity index is 1.36. The van der Waals surface area contributed by atoms with Gasteiger partial charge in [0.05, 0.1) is 4.90 Å². The standard InChI is InChI=1S/C18H19NO6S2/c20-18(24-11-13-10-23-15-5-1-2-6-16(15)25-13)17-9-14(12-26-17)27(21,22)19-7-3-4-8-19/h1-2,5-6,9,12-13H,3-4,7-8,10-11H2/t13-/m1/s1. The molecule has 27 heavy (non-hydrogen) atoms. The van der Waals surface area contributed by atoms with Crippen molar-refractivity contribution in [3.63, 3.8) is 0 Å². The summed E-state index contributed by atoms with van der Waals surface area (Å²) in [6.45, 7) is 1.36. The highest BCUT2D eigenvalue weighted by atomic mass is 32.2. The maximum Gasteiger partial charge on any atom is 0.348 e. The molecule has 144 valence electrons. The third-order valence-corrected chi connectivity index (χ3v) is 7.38. The van der Waals surface area contributed by atoms with E-state index in [2.05, 4.69) is 0 Å². The summed E-state index contributed by atoms with van der Waals surface area (Å²) >= 11 is 1.07. The first-order valence-electron chi connectivity index (χ1n) is 8.68. The van der Waals surface area contributed by atoms with Gasteiger partial charge in [-0.15, -0.1) is 11.3 Å². The maximum atomic E-state index is 12.5. The molecule has 1 saturated heterocycles. The first-order valence-corrected chi connectivity index (χ1v) is 11.0. The molecule has 0 radical (unpaired) electrons. The summed E-state index contributed by atoms with van der Waals surface area (Å²) in [4.78, 5) is 12.7. The van der Waals surface area contributed by atoms with Crippen molar-refractivity contribution in [3.8, 4) is 11.5 Å². The Morgan fingerprint density at radius 2 is 1.96 bits per heavy atom. The Kier molecular flexibility index (Phi) is 5.07. The topological polar surface area (TPSA) is 82.1 Å². The summed E-state index contributed by atoms with van der Waals surface area (Å²) in [5, 5.41) is 1.49. The molecule has 1 fully saturated rings. The zero-order valence-corrected chi connectivity index (χ0v) is 16.1. The van der Waals surface area contributed by atoms with Crippen molar-refractivity contribution in [1.29, 1.82) is 0 Å². The quantitative estimate of drug-likeness (QED) is 0.706. The average molecular weight is 409 g/mol. The molecule has 0 bridgehead atoms. The van der Waals surface area contributed by atoms with Crippen LogP contribution in [0, 0.1) is 0 Å². The van der Waals surface area contributed by atoms with Crippen LogP contribution in [-0.4, -0.2) is 51.1 Å². The lowest BCUT2D eigenvalue weighted by molar-refractivity contribution is 0.0113. The molecular formula is C18H19NO6S2. The highest BCUT2D eigenvalue weighted by Gasteiger charge is 2.29. The van der Waals surface area contributed by atoms with Crippen molar-refractivity contribution in [2.45, 2.75) is 23.8 Å². The van der Waals surface area contributed by atoms with E-state index < -0.39 is 22.1 Å². The van der Waals surface area contributed by atoms with E-state index in [1.807, 2.05) is 18.2 Å². The van der Waals surface area contributed by atoms with Gasteiger partial charge < -0.3 is 14.2 Å². The van der Waals surface area contributed by atoms with E-state index in [9.17, 15) is 13.2 Å². The molecule has 0 aliphatic carbocycles. The van der Waals surface area contributed by atoms with Crippen molar-refractivity contribution in [3.05, 3.63) is 40.6 Å². The van der Waals surface area contributed by atoms with Crippen LogP contribution in [0.1, 0.15) is 22.5 Å². The summed E-state index contributed by atoms with van der Waals surface area (Å²) in [7, 11) is -3.53. The number of nitrogens with zero attached hydrogens (tertiary/aromatic N) is 1. The highest BCUT2D eigenvalue weighted by molar-refractivity contribution is 7.89. The van der Waals surface area contributed by atoms with E-state index >= 15 is 0 Å². The Labute approximate surface area is 161 Å². The third kappa shape index (κ3) is 3.80. The van der Waals surface area contributed by atoms with Gasteiger partial charge in [0, 0.05) is 18.5 Å². The highest BCUT2D eigenvalue weighted by Crippen LogP contribution is 2.31. The molecule has 0 unspecified atom stereocenters. The minimum absolute atomic E-state index is 0.0271. The van der Waals surface area contributed by atoms with Gasteiger partial charge in [-0.3, -0.25) is 0 Å². The molecule has 7 nitrogen and oxygen atoms in total. The summed E-state index contributed by atoms with van der Waals surface area (Å²) in [5.41, 5.74) is 0.